The van der Waals surface area contributed by atoms with Gasteiger partial charge >= 0.3 is 0 Å². The summed E-state index contributed by atoms with van der Waals surface area (Å²) in [6, 6.07) is 6.12. The highest BCUT2D eigenvalue weighted by Crippen LogP contribution is 2.21. The molecule has 4 rings (SSSR count). The molecule has 3 fully saturated rings. The van der Waals surface area contributed by atoms with E-state index < -0.39 is 19.9 Å². The van der Waals surface area contributed by atoms with Gasteiger partial charge in [0.25, 0.3) is 5.91 Å². The lowest BCUT2D eigenvalue weighted by atomic mass is 10.1. The van der Waals surface area contributed by atoms with Gasteiger partial charge in [-0.15, -0.1) is 0 Å². The SMILES string of the molecule is O=C(c1cccc(S(=O)(=O)NC[C@@H]2CCCO2)c1)N1CCN([C@H]2CCS(=O)(=O)C2)CC1. The largest absolute Gasteiger partial charge is 0.377 e. The van der Waals surface area contributed by atoms with E-state index in [0.29, 0.717) is 44.8 Å². The first kappa shape index (κ1) is 22.7. The average Bonchev–Trinajstić information content (AvgIpc) is 3.41. The van der Waals surface area contributed by atoms with Crippen molar-refractivity contribution < 1.29 is 26.4 Å². The molecule has 1 N–H and O–H groups in total. The van der Waals surface area contributed by atoms with E-state index in [1.807, 2.05) is 0 Å². The lowest BCUT2D eigenvalue weighted by Crippen LogP contribution is -2.52. The van der Waals surface area contributed by atoms with Crippen molar-refractivity contribution in [1.29, 1.82) is 0 Å². The fourth-order valence-electron chi connectivity index (χ4n) is 4.42. The van der Waals surface area contributed by atoms with Gasteiger partial charge in [-0.3, -0.25) is 9.69 Å². The van der Waals surface area contributed by atoms with Crippen molar-refractivity contribution in [3.05, 3.63) is 29.8 Å². The zero-order valence-electron chi connectivity index (χ0n) is 17.4. The number of sulfone groups is 1. The van der Waals surface area contributed by atoms with Crippen LogP contribution in [0.15, 0.2) is 29.2 Å². The molecule has 11 heteroatoms. The minimum atomic E-state index is -3.73. The molecule has 0 saturated carbocycles. The van der Waals surface area contributed by atoms with E-state index >= 15 is 0 Å². The summed E-state index contributed by atoms with van der Waals surface area (Å²) in [7, 11) is -6.67. The van der Waals surface area contributed by atoms with Crippen molar-refractivity contribution in [2.75, 3.05) is 50.8 Å². The average molecular weight is 472 g/mol. The number of nitrogens with zero attached hydrogens (tertiary/aromatic N) is 2. The van der Waals surface area contributed by atoms with Crippen LogP contribution in [0, 0.1) is 0 Å². The molecule has 0 unspecified atom stereocenters. The molecule has 0 spiro atoms. The third-order valence-electron chi connectivity index (χ3n) is 6.24. The van der Waals surface area contributed by atoms with Gasteiger partial charge in [-0.1, -0.05) is 6.07 Å². The van der Waals surface area contributed by atoms with Crippen LogP contribution >= 0.6 is 0 Å². The molecule has 0 aromatic heterocycles. The first-order valence-corrected chi connectivity index (χ1v) is 14.0. The van der Waals surface area contributed by atoms with E-state index in [2.05, 4.69) is 9.62 Å². The van der Waals surface area contributed by atoms with Crippen molar-refractivity contribution >= 4 is 25.8 Å². The summed E-state index contributed by atoms with van der Waals surface area (Å²) in [5, 5.41) is 0. The molecule has 3 heterocycles. The molecular weight excluding hydrogens is 442 g/mol. The zero-order valence-corrected chi connectivity index (χ0v) is 19.0. The maximum absolute atomic E-state index is 13.0. The molecule has 0 aliphatic carbocycles. The third kappa shape index (κ3) is 5.46. The maximum Gasteiger partial charge on any atom is 0.253 e. The van der Waals surface area contributed by atoms with E-state index in [4.69, 9.17) is 4.74 Å². The molecule has 1 aromatic carbocycles. The molecule has 172 valence electrons. The van der Waals surface area contributed by atoms with Gasteiger partial charge in [-0.05, 0) is 37.5 Å². The number of hydrogen-bond acceptors (Lipinski definition) is 7. The molecule has 9 nitrogen and oxygen atoms in total. The fraction of sp³-hybridized carbons (Fsp3) is 0.650. The monoisotopic (exact) mass is 471 g/mol. The molecule has 0 radical (unpaired) electrons. The summed E-state index contributed by atoms with van der Waals surface area (Å²) in [5.41, 5.74) is 0.330. The Morgan fingerprint density at radius 2 is 1.94 bits per heavy atom. The first-order chi connectivity index (χ1) is 14.7. The minimum Gasteiger partial charge on any atom is -0.377 e. The number of carbonyl (C=O) groups is 1. The predicted octanol–water partition coefficient (Wildman–Crippen LogP) is 0.0888. The van der Waals surface area contributed by atoms with Crippen LogP contribution in [0.1, 0.15) is 29.6 Å². The lowest BCUT2D eigenvalue weighted by Gasteiger charge is -2.37. The topological polar surface area (TPSA) is 113 Å². The number of rotatable bonds is 6. The Kier molecular flexibility index (Phi) is 6.68. The summed E-state index contributed by atoms with van der Waals surface area (Å²) in [4.78, 5) is 16.9. The number of benzene rings is 1. The Morgan fingerprint density at radius 1 is 1.16 bits per heavy atom. The second-order valence-electron chi connectivity index (χ2n) is 8.40. The number of nitrogens with one attached hydrogen (secondary N) is 1. The van der Waals surface area contributed by atoms with Gasteiger partial charge in [0.05, 0.1) is 22.5 Å². The Balaban J connectivity index is 1.36. The molecule has 3 aliphatic rings. The van der Waals surface area contributed by atoms with Crippen molar-refractivity contribution in [2.24, 2.45) is 0 Å². The second kappa shape index (κ2) is 9.14. The number of piperazine rings is 1. The molecular formula is C20H29N3O6S2. The van der Waals surface area contributed by atoms with Crippen LogP contribution in [-0.4, -0.2) is 95.5 Å². The minimum absolute atomic E-state index is 0.0330. The van der Waals surface area contributed by atoms with Crippen LogP contribution in [-0.2, 0) is 24.6 Å². The van der Waals surface area contributed by atoms with Gasteiger partial charge in [0, 0.05) is 50.9 Å². The molecule has 3 aliphatic heterocycles. The maximum atomic E-state index is 13.0. The molecule has 0 bridgehead atoms. The van der Waals surface area contributed by atoms with Crippen LogP contribution in [0.5, 0.6) is 0 Å². The summed E-state index contributed by atoms with van der Waals surface area (Å²) >= 11 is 0. The molecule has 1 amide bonds. The van der Waals surface area contributed by atoms with Crippen molar-refractivity contribution in [2.45, 2.75) is 36.3 Å². The quantitative estimate of drug-likeness (QED) is 0.626. The van der Waals surface area contributed by atoms with Gasteiger partial charge in [-0.2, -0.15) is 0 Å². The van der Waals surface area contributed by atoms with Crippen molar-refractivity contribution in [1.82, 2.24) is 14.5 Å². The van der Waals surface area contributed by atoms with E-state index in [-0.39, 0.29) is 41.0 Å². The number of sulfonamides is 1. The Morgan fingerprint density at radius 3 is 2.58 bits per heavy atom. The molecule has 1 aromatic rings. The first-order valence-electron chi connectivity index (χ1n) is 10.7. The lowest BCUT2D eigenvalue weighted by molar-refractivity contribution is 0.0587. The molecule has 31 heavy (non-hydrogen) atoms. The van der Waals surface area contributed by atoms with Crippen LogP contribution in [0.4, 0.5) is 0 Å². The third-order valence-corrected chi connectivity index (χ3v) is 9.41. The van der Waals surface area contributed by atoms with Crippen molar-refractivity contribution in [3.63, 3.8) is 0 Å². The van der Waals surface area contributed by atoms with Crippen LogP contribution < -0.4 is 4.72 Å². The summed E-state index contributed by atoms with van der Waals surface area (Å²) in [5.74, 6) is 0.216. The summed E-state index contributed by atoms with van der Waals surface area (Å²) < 4.78 is 56.7. The van der Waals surface area contributed by atoms with Gasteiger partial charge in [0.2, 0.25) is 10.0 Å². The van der Waals surface area contributed by atoms with E-state index in [0.717, 1.165) is 12.8 Å². The van der Waals surface area contributed by atoms with Crippen LogP contribution in [0.25, 0.3) is 0 Å². The van der Waals surface area contributed by atoms with Gasteiger partial charge in [0.15, 0.2) is 9.84 Å². The van der Waals surface area contributed by atoms with Gasteiger partial charge < -0.3 is 9.64 Å². The number of carbonyl (C=O) groups excluding carboxylic acids is 1. The normalized spacial score (nSPS) is 26.9. The zero-order chi connectivity index (χ0) is 22.1. The predicted molar refractivity (Wildman–Crippen MR) is 115 cm³/mol. The standard InChI is InChI=1S/C20H29N3O6S2/c24-20(23-9-7-22(8-10-23)17-6-12-30(25,26)15-17)16-3-1-5-19(13-16)31(27,28)21-14-18-4-2-11-29-18/h1,3,5,13,17-18,21H,2,4,6-12,14-15H2/t17-,18-/m0/s1. The van der Waals surface area contributed by atoms with Gasteiger partial charge in [-0.25, -0.2) is 21.6 Å². The van der Waals surface area contributed by atoms with E-state index in [1.54, 1.807) is 17.0 Å². The smallest absolute Gasteiger partial charge is 0.253 e. The highest BCUT2D eigenvalue weighted by Gasteiger charge is 2.34. The van der Waals surface area contributed by atoms with Crippen molar-refractivity contribution in [3.8, 4) is 0 Å². The number of amides is 1. The highest BCUT2D eigenvalue weighted by molar-refractivity contribution is 7.91. The van der Waals surface area contributed by atoms with Crippen LogP contribution in [0.3, 0.4) is 0 Å². The van der Waals surface area contributed by atoms with Gasteiger partial charge in [0.1, 0.15) is 0 Å². The number of hydrogen-bond donors (Lipinski definition) is 1. The molecule has 3 saturated heterocycles. The fourth-order valence-corrected chi connectivity index (χ4v) is 7.30. The number of ether oxygens (including phenoxy) is 1. The summed E-state index contributed by atoms with van der Waals surface area (Å²) in [6.07, 6.45) is 2.31. The van der Waals surface area contributed by atoms with Crippen LogP contribution in [0.2, 0.25) is 0 Å². The Labute approximate surface area is 183 Å². The molecule has 2 atom stereocenters. The van der Waals surface area contributed by atoms with E-state index in [9.17, 15) is 21.6 Å². The highest BCUT2D eigenvalue weighted by atomic mass is 32.2. The Hall–Kier alpha value is -1.53. The summed E-state index contributed by atoms with van der Waals surface area (Å²) in [6.45, 7) is 3.09. The second-order valence-corrected chi connectivity index (χ2v) is 12.4. The Bertz CT molecular complexity index is 1010. The van der Waals surface area contributed by atoms with E-state index in [1.165, 1.54) is 12.1 Å².